The van der Waals surface area contributed by atoms with Crippen LogP contribution in [0.4, 0.5) is 17.1 Å². The van der Waals surface area contributed by atoms with Crippen LogP contribution in [0.1, 0.15) is 16.7 Å². The van der Waals surface area contributed by atoms with Gasteiger partial charge >= 0.3 is 0 Å². The maximum absolute atomic E-state index is 6.23. The zero-order valence-corrected chi connectivity index (χ0v) is 25.7. The first kappa shape index (κ1) is 29.9. The Balaban J connectivity index is 0.000000135. The van der Waals surface area contributed by atoms with Gasteiger partial charge in [0.05, 0.1) is 16.9 Å². The number of hydrazone groups is 2. The fraction of sp³-hybridized carbons (Fsp3) is 0.139. The number of ether oxygens (including phenoxy) is 1. The SMILES string of the molecule is C1=Cc2ccccc2NN=C1.C1=Cc2ccccc2NN=C1.CN1CCN(C2=Nc3ccccc3Oc3ccc(Cl)cc32)CC1. The van der Waals surface area contributed by atoms with Crippen LogP contribution in [0.3, 0.4) is 0 Å². The predicted molar refractivity (Wildman–Crippen MR) is 188 cm³/mol. The van der Waals surface area contributed by atoms with E-state index in [2.05, 4.69) is 37.9 Å². The minimum Gasteiger partial charge on any atom is -0.454 e. The van der Waals surface area contributed by atoms with Crippen molar-refractivity contribution in [2.45, 2.75) is 0 Å². The van der Waals surface area contributed by atoms with Crippen LogP contribution in [0.15, 0.2) is 118 Å². The molecule has 0 spiro atoms. The number of aliphatic imine (C=N–C) groups is 1. The molecule has 4 aliphatic rings. The average molecular weight is 616 g/mol. The molecule has 9 heteroatoms. The van der Waals surface area contributed by atoms with Gasteiger partial charge in [-0.1, -0.05) is 72.3 Å². The first-order chi connectivity index (χ1) is 22.1. The van der Waals surface area contributed by atoms with Gasteiger partial charge in [0, 0.05) is 43.6 Å². The van der Waals surface area contributed by atoms with Crippen molar-refractivity contribution in [2.75, 3.05) is 44.1 Å². The monoisotopic (exact) mass is 615 g/mol. The first-order valence-electron chi connectivity index (χ1n) is 14.8. The third-order valence-corrected chi connectivity index (χ3v) is 7.70. The first-order valence-corrected chi connectivity index (χ1v) is 15.2. The van der Waals surface area contributed by atoms with E-state index >= 15 is 0 Å². The summed E-state index contributed by atoms with van der Waals surface area (Å²) in [7, 11) is 2.15. The standard InChI is InChI=1S/C18H18ClN3O.2C9H8N2/c1-21-8-10-22(11-9-21)18-14-12-13(19)6-7-16(14)23-17-5-3-2-4-15(17)20-18;2*1-2-6-9-8(4-1)5-3-7-10-11-9/h2-7,12H,8-11H2,1H3;2*1-7,11H. The zero-order valence-electron chi connectivity index (χ0n) is 25.0. The number of halogens is 1. The van der Waals surface area contributed by atoms with Crippen molar-refractivity contribution in [2.24, 2.45) is 15.2 Å². The fourth-order valence-corrected chi connectivity index (χ4v) is 5.21. The summed E-state index contributed by atoms with van der Waals surface area (Å²) in [6, 6.07) is 29.7. The van der Waals surface area contributed by atoms with Gasteiger partial charge in [0.1, 0.15) is 17.3 Å². The summed E-state index contributed by atoms with van der Waals surface area (Å²) >= 11 is 6.23. The van der Waals surface area contributed by atoms with Crippen molar-refractivity contribution >= 4 is 59.1 Å². The maximum Gasteiger partial charge on any atom is 0.153 e. The summed E-state index contributed by atoms with van der Waals surface area (Å²) in [5, 5.41) is 8.60. The fourth-order valence-electron chi connectivity index (χ4n) is 5.04. The van der Waals surface area contributed by atoms with Crippen molar-refractivity contribution in [3.63, 3.8) is 0 Å². The van der Waals surface area contributed by atoms with Gasteiger partial charge in [-0.25, -0.2) is 4.99 Å². The molecule has 4 heterocycles. The highest BCUT2D eigenvalue weighted by atomic mass is 35.5. The number of anilines is 2. The molecule has 2 N–H and O–H groups in total. The lowest BCUT2D eigenvalue weighted by Gasteiger charge is -2.34. The second-order valence-electron chi connectivity index (χ2n) is 10.6. The Hall–Kier alpha value is -5.18. The number of nitrogens with one attached hydrogen (secondary N) is 2. The van der Waals surface area contributed by atoms with E-state index in [1.165, 1.54) is 11.1 Å². The van der Waals surface area contributed by atoms with Gasteiger partial charge in [-0.15, -0.1) is 0 Å². The molecule has 0 atom stereocenters. The molecule has 226 valence electrons. The number of likely N-dealkylation sites (N-methyl/N-ethyl adjacent to an activating group) is 1. The molecule has 0 amide bonds. The molecular formula is C36H34ClN7O. The summed E-state index contributed by atoms with van der Waals surface area (Å²) in [4.78, 5) is 9.56. The van der Waals surface area contributed by atoms with Crippen LogP contribution in [0.25, 0.3) is 12.2 Å². The molecule has 1 saturated heterocycles. The van der Waals surface area contributed by atoms with Crippen molar-refractivity contribution in [3.05, 3.63) is 125 Å². The highest BCUT2D eigenvalue weighted by Gasteiger charge is 2.25. The van der Waals surface area contributed by atoms with E-state index in [4.69, 9.17) is 21.3 Å². The van der Waals surface area contributed by atoms with Crippen molar-refractivity contribution in [1.82, 2.24) is 9.80 Å². The molecule has 45 heavy (non-hydrogen) atoms. The molecule has 1 fully saturated rings. The Bertz CT molecular complexity index is 1720. The van der Waals surface area contributed by atoms with E-state index in [0.717, 1.165) is 66.1 Å². The van der Waals surface area contributed by atoms with Gasteiger partial charge in [-0.05, 0) is 72.8 Å². The quantitative estimate of drug-likeness (QED) is 0.210. The molecule has 4 aromatic carbocycles. The Morgan fingerprint density at radius 3 is 1.96 bits per heavy atom. The molecular weight excluding hydrogens is 582 g/mol. The summed E-state index contributed by atoms with van der Waals surface area (Å²) in [6.07, 6.45) is 11.4. The van der Waals surface area contributed by atoms with Crippen LogP contribution < -0.4 is 15.6 Å². The average Bonchev–Trinajstić information content (AvgIpc) is 3.53. The van der Waals surface area contributed by atoms with Crippen LogP contribution >= 0.6 is 11.6 Å². The highest BCUT2D eigenvalue weighted by molar-refractivity contribution is 6.31. The Morgan fingerprint density at radius 2 is 1.29 bits per heavy atom. The second-order valence-corrected chi connectivity index (χ2v) is 11.0. The normalized spacial score (nSPS) is 15.6. The van der Waals surface area contributed by atoms with E-state index in [9.17, 15) is 0 Å². The molecule has 0 aliphatic carbocycles. The Labute approximate surface area is 268 Å². The van der Waals surface area contributed by atoms with Gasteiger partial charge in [0.15, 0.2) is 5.75 Å². The number of amidine groups is 1. The maximum atomic E-state index is 6.23. The van der Waals surface area contributed by atoms with Crippen LogP contribution in [0, 0.1) is 0 Å². The molecule has 0 aromatic heterocycles. The third-order valence-electron chi connectivity index (χ3n) is 7.46. The molecule has 0 saturated carbocycles. The number of benzene rings is 4. The van der Waals surface area contributed by atoms with E-state index in [-0.39, 0.29) is 0 Å². The van der Waals surface area contributed by atoms with E-state index in [1.54, 1.807) is 12.4 Å². The minimum absolute atomic E-state index is 0.695. The summed E-state index contributed by atoms with van der Waals surface area (Å²) < 4.78 is 6.09. The van der Waals surface area contributed by atoms with Crippen LogP contribution in [0.5, 0.6) is 11.5 Å². The number of rotatable bonds is 0. The van der Waals surface area contributed by atoms with Gasteiger partial charge in [0.2, 0.25) is 0 Å². The Kier molecular flexibility index (Phi) is 9.64. The highest BCUT2D eigenvalue weighted by Crippen LogP contribution is 2.39. The number of allylic oxidation sites excluding steroid dienone is 2. The smallest absolute Gasteiger partial charge is 0.153 e. The Morgan fingerprint density at radius 1 is 0.689 bits per heavy atom. The summed E-state index contributed by atoms with van der Waals surface area (Å²) in [5.41, 5.74) is 12.1. The van der Waals surface area contributed by atoms with Crippen molar-refractivity contribution in [1.29, 1.82) is 0 Å². The number of para-hydroxylation sites is 4. The predicted octanol–water partition coefficient (Wildman–Crippen LogP) is 7.99. The summed E-state index contributed by atoms with van der Waals surface area (Å²) in [6.45, 7) is 3.95. The molecule has 0 bridgehead atoms. The van der Waals surface area contributed by atoms with Gasteiger partial charge < -0.3 is 14.5 Å². The molecule has 0 unspecified atom stereocenters. The lowest BCUT2D eigenvalue weighted by atomic mass is 10.1. The van der Waals surface area contributed by atoms with E-state index in [0.29, 0.717) is 5.02 Å². The zero-order chi connectivity index (χ0) is 30.8. The number of hydrogen-bond acceptors (Lipinski definition) is 8. The lowest BCUT2D eigenvalue weighted by Crippen LogP contribution is -2.47. The number of fused-ring (bicyclic) bond motifs is 4. The van der Waals surface area contributed by atoms with E-state index in [1.807, 2.05) is 115 Å². The molecule has 8 rings (SSSR count). The van der Waals surface area contributed by atoms with Crippen LogP contribution in [-0.4, -0.2) is 61.3 Å². The van der Waals surface area contributed by atoms with Crippen molar-refractivity contribution < 1.29 is 4.74 Å². The van der Waals surface area contributed by atoms with Gasteiger partial charge in [-0.3, -0.25) is 10.9 Å². The molecule has 8 nitrogen and oxygen atoms in total. The van der Waals surface area contributed by atoms with Crippen molar-refractivity contribution in [3.8, 4) is 11.5 Å². The minimum atomic E-state index is 0.695. The van der Waals surface area contributed by atoms with Crippen LogP contribution in [0.2, 0.25) is 5.02 Å². The number of hydrogen-bond donors (Lipinski definition) is 2. The third kappa shape index (κ3) is 7.67. The number of piperazine rings is 1. The molecule has 4 aliphatic heterocycles. The van der Waals surface area contributed by atoms with E-state index < -0.39 is 0 Å². The lowest BCUT2D eigenvalue weighted by molar-refractivity contribution is 0.215. The van der Waals surface area contributed by atoms with Gasteiger partial charge in [0.25, 0.3) is 0 Å². The number of nitrogens with zero attached hydrogens (tertiary/aromatic N) is 5. The van der Waals surface area contributed by atoms with Crippen LogP contribution in [-0.2, 0) is 0 Å². The van der Waals surface area contributed by atoms with Gasteiger partial charge in [-0.2, -0.15) is 10.2 Å². The summed E-state index contributed by atoms with van der Waals surface area (Å²) in [5.74, 6) is 2.53. The molecule has 0 radical (unpaired) electrons. The topological polar surface area (TPSA) is 76.9 Å². The second kappa shape index (κ2) is 14.5. The molecule has 4 aromatic rings. The largest absolute Gasteiger partial charge is 0.454 e.